The molecule has 1 amide bonds. The monoisotopic (exact) mass is 390 g/mol. The summed E-state index contributed by atoms with van der Waals surface area (Å²) in [6.45, 7) is 1.46. The quantitative estimate of drug-likeness (QED) is 0.667. The van der Waals surface area contributed by atoms with Crippen LogP contribution in [-0.4, -0.2) is 51.6 Å². The van der Waals surface area contributed by atoms with Crippen molar-refractivity contribution in [2.45, 2.75) is 18.9 Å². The smallest absolute Gasteiger partial charge is 0.260 e. The number of aromatic nitrogens is 3. The van der Waals surface area contributed by atoms with E-state index in [4.69, 9.17) is 9.47 Å². The van der Waals surface area contributed by atoms with Gasteiger partial charge in [0, 0.05) is 25.2 Å². The Hall–Kier alpha value is -3.22. The molecule has 2 fully saturated rings. The Morgan fingerprint density at radius 2 is 2.03 bits per heavy atom. The molecule has 0 N–H and O–H groups in total. The maximum atomic E-state index is 12.8. The lowest BCUT2D eigenvalue weighted by molar-refractivity contribution is -0.132. The molecule has 1 aliphatic carbocycles. The zero-order chi connectivity index (χ0) is 19.6. The number of hydrogen-bond acceptors (Lipinski definition) is 6. The van der Waals surface area contributed by atoms with Gasteiger partial charge in [-0.05, 0) is 43.0 Å². The maximum Gasteiger partial charge on any atom is 0.260 e. The van der Waals surface area contributed by atoms with E-state index >= 15 is 0 Å². The average Bonchev–Trinajstić information content (AvgIpc) is 3.35. The molecule has 0 bridgehead atoms. The molecule has 3 atom stereocenters. The third-order valence-electron chi connectivity index (χ3n) is 5.90. The number of carbonyl (C=O) groups excluding carboxylic acids is 1. The first kappa shape index (κ1) is 17.8. The molecule has 1 saturated carbocycles. The molecule has 2 aromatic heterocycles. The molecule has 29 heavy (non-hydrogen) atoms. The van der Waals surface area contributed by atoms with Crippen LogP contribution in [-0.2, 0) is 4.79 Å². The number of ether oxygens (including phenoxy) is 2. The van der Waals surface area contributed by atoms with Crippen molar-refractivity contribution in [3.8, 4) is 11.6 Å². The number of amides is 1. The standard InChI is InChI=1S/C22H22N4O3/c27-21(13-28-22-17-5-1-2-6-19(17)24-14-25-22)26-11-15-7-8-20(18(15)12-26)29-16-4-3-9-23-10-16/h1-6,9-10,14-15,18,20H,7-8,11-13H2/t15-,18+,20+/m1/s1. The Morgan fingerprint density at radius 1 is 1.10 bits per heavy atom. The summed E-state index contributed by atoms with van der Waals surface area (Å²) >= 11 is 0. The first-order chi connectivity index (χ1) is 14.3. The number of rotatable bonds is 5. The fraction of sp³-hybridized carbons (Fsp3) is 0.364. The lowest BCUT2D eigenvalue weighted by Gasteiger charge is -2.22. The molecule has 0 spiro atoms. The van der Waals surface area contributed by atoms with Crippen molar-refractivity contribution in [3.63, 3.8) is 0 Å². The zero-order valence-electron chi connectivity index (χ0n) is 16.0. The average molecular weight is 390 g/mol. The number of nitrogens with zero attached hydrogens (tertiary/aromatic N) is 4. The van der Waals surface area contributed by atoms with E-state index in [1.807, 2.05) is 41.3 Å². The van der Waals surface area contributed by atoms with Crippen molar-refractivity contribution in [3.05, 3.63) is 55.1 Å². The molecule has 3 heterocycles. The van der Waals surface area contributed by atoms with Gasteiger partial charge in [-0.15, -0.1) is 0 Å². The molecule has 0 unspecified atom stereocenters. The summed E-state index contributed by atoms with van der Waals surface area (Å²) in [4.78, 5) is 27.2. The summed E-state index contributed by atoms with van der Waals surface area (Å²) in [5, 5.41) is 0.811. The topological polar surface area (TPSA) is 77.4 Å². The van der Waals surface area contributed by atoms with Gasteiger partial charge in [-0.25, -0.2) is 9.97 Å². The molecule has 148 valence electrons. The highest BCUT2D eigenvalue weighted by atomic mass is 16.5. The second-order valence-electron chi connectivity index (χ2n) is 7.63. The van der Waals surface area contributed by atoms with Gasteiger partial charge in [0.2, 0.25) is 5.88 Å². The molecular weight excluding hydrogens is 368 g/mol. The Balaban J connectivity index is 1.21. The van der Waals surface area contributed by atoms with Crippen molar-refractivity contribution < 1.29 is 14.3 Å². The van der Waals surface area contributed by atoms with E-state index in [1.54, 1.807) is 12.4 Å². The molecular formula is C22H22N4O3. The Bertz CT molecular complexity index is 1010. The van der Waals surface area contributed by atoms with Crippen LogP contribution in [0.3, 0.4) is 0 Å². The van der Waals surface area contributed by atoms with E-state index in [1.165, 1.54) is 6.33 Å². The van der Waals surface area contributed by atoms with Crippen molar-refractivity contribution in [1.82, 2.24) is 19.9 Å². The minimum atomic E-state index is -0.0193. The van der Waals surface area contributed by atoms with Gasteiger partial charge in [-0.1, -0.05) is 12.1 Å². The van der Waals surface area contributed by atoms with E-state index in [0.717, 1.165) is 36.0 Å². The zero-order valence-corrected chi connectivity index (χ0v) is 16.0. The second-order valence-corrected chi connectivity index (χ2v) is 7.63. The van der Waals surface area contributed by atoms with E-state index in [2.05, 4.69) is 15.0 Å². The highest BCUT2D eigenvalue weighted by molar-refractivity contribution is 5.84. The van der Waals surface area contributed by atoms with Crippen LogP contribution < -0.4 is 9.47 Å². The number of pyridine rings is 1. The van der Waals surface area contributed by atoms with Crippen molar-refractivity contribution in [2.75, 3.05) is 19.7 Å². The first-order valence-electron chi connectivity index (χ1n) is 9.95. The number of benzene rings is 1. The Kier molecular flexibility index (Phi) is 4.71. The minimum absolute atomic E-state index is 0.0118. The van der Waals surface area contributed by atoms with Gasteiger partial charge in [0.1, 0.15) is 18.2 Å². The second kappa shape index (κ2) is 7.66. The van der Waals surface area contributed by atoms with E-state index in [-0.39, 0.29) is 18.6 Å². The third kappa shape index (κ3) is 3.60. The van der Waals surface area contributed by atoms with Crippen LogP contribution in [0.25, 0.3) is 10.9 Å². The van der Waals surface area contributed by atoms with Gasteiger partial charge in [0.15, 0.2) is 6.61 Å². The number of carbonyl (C=O) groups is 1. The van der Waals surface area contributed by atoms with Crippen LogP contribution in [0.2, 0.25) is 0 Å². The van der Waals surface area contributed by atoms with E-state index in [9.17, 15) is 4.79 Å². The minimum Gasteiger partial charge on any atom is -0.488 e. The molecule has 1 aromatic carbocycles. The summed E-state index contributed by atoms with van der Waals surface area (Å²) in [7, 11) is 0. The van der Waals surface area contributed by atoms with Crippen LogP contribution in [0, 0.1) is 11.8 Å². The fourth-order valence-corrected chi connectivity index (χ4v) is 4.47. The highest BCUT2D eigenvalue weighted by Crippen LogP contribution is 2.40. The van der Waals surface area contributed by atoms with Crippen LogP contribution in [0.15, 0.2) is 55.1 Å². The lowest BCUT2D eigenvalue weighted by atomic mass is 9.99. The first-order valence-corrected chi connectivity index (χ1v) is 9.95. The number of fused-ring (bicyclic) bond motifs is 2. The normalized spacial score (nSPS) is 23.2. The van der Waals surface area contributed by atoms with Crippen molar-refractivity contribution >= 4 is 16.8 Å². The van der Waals surface area contributed by atoms with Crippen LogP contribution in [0.5, 0.6) is 11.6 Å². The van der Waals surface area contributed by atoms with Gasteiger partial charge in [0.05, 0.1) is 17.1 Å². The molecule has 7 heteroatoms. The van der Waals surface area contributed by atoms with Gasteiger partial charge in [-0.3, -0.25) is 9.78 Å². The number of para-hydroxylation sites is 1. The van der Waals surface area contributed by atoms with E-state index in [0.29, 0.717) is 24.3 Å². The van der Waals surface area contributed by atoms with Gasteiger partial charge < -0.3 is 14.4 Å². The predicted octanol–water partition coefficient (Wildman–Crippen LogP) is 2.72. The Labute approximate surface area is 168 Å². The molecule has 3 aromatic rings. The molecule has 2 aliphatic rings. The summed E-state index contributed by atoms with van der Waals surface area (Å²) < 4.78 is 11.9. The van der Waals surface area contributed by atoms with E-state index < -0.39 is 0 Å². The maximum absolute atomic E-state index is 12.8. The van der Waals surface area contributed by atoms with Crippen LogP contribution in [0.1, 0.15) is 12.8 Å². The fourth-order valence-electron chi connectivity index (χ4n) is 4.47. The lowest BCUT2D eigenvalue weighted by Crippen LogP contribution is -2.35. The molecule has 0 radical (unpaired) electrons. The van der Waals surface area contributed by atoms with Crippen molar-refractivity contribution in [1.29, 1.82) is 0 Å². The summed E-state index contributed by atoms with van der Waals surface area (Å²) in [5.41, 5.74) is 0.802. The summed E-state index contributed by atoms with van der Waals surface area (Å²) in [5.74, 6) is 2.07. The van der Waals surface area contributed by atoms with Crippen LogP contribution in [0.4, 0.5) is 0 Å². The molecule has 5 rings (SSSR count). The SMILES string of the molecule is O=C(COc1ncnc2ccccc12)N1C[C@H]2CC[C@H](Oc3cccnc3)[C@H]2C1. The molecule has 7 nitrogen and oxygen atoms in total. The van der Waals surface area contributed by atoms with Crippen molar-refractivity contribution in [2.24, 2.45) is 11.8 Å². The Morgan fingerprint density at radius 3 is 2.93 bits per heavy atom. The van der Waals surface area contributed by atoms with Crippen LogP contribution >= 0.6 is 0 Å². The summed E-state index contributed by atoms with van der Waals surface area (Å²) in [6, 6.07) is 11.4. The highest BCUT2D eigenvalue weighted by Gasteiger charge is 2.45. The predicted molar refractivity (Wildman–Crippen MR) is 106 cm³/mol. The molecule has 1 saturated heterocycles. The largest absolute Gasteiger partial charge is 0.488 e. The van der Waals surface area contributed by atoms with Gasteiger partial charge in [-0.2, -0.15) is 0 Å². The number of hydrogen-bond donors (Lipinski definition) is 0. The third-order valence-corrected chi connectivity index (χ3v) is 5.90. The summed E-state index contributed by atoms with van der Waals surface area (Å²) in [6.07, 6.45) is 7.18. The van der Waals surface area contributed by atoms with Gasteiger partial charge in [0.25, 0.3) is 5.91 Å². The number of likely N-dealkylation sites (tertiary alicyclic amines) is 1. The van der Waals surface area contributed by atoms with Gasteiger partial charge >= 0.3 is 0 Å². The molecule has 1 aliphatic heterocycles.